The Labute approximate surface area is 149 Å². The molecule has 0 fully saturated rings. The second-order valence-electron chi connectivity index (χ2n) is 7.24. The highest BCUT2D eigenvalue weighted by Gasteiger charge is 2.37. The van der Waals surface area contributed by atoms with Crippen LogP contribution in [0, 0.1) is 32.8 Å². The third-order valence-electron chi connectivity index (χ3n) is 4.55. The zero-order chi connectivity index (χ0) is 19.3. The lowest BCUT2D eigenvalue weighted by Crippen LogP contribution is -2.44. The van der Waals surface area contributed by atoms with Crippen LogP contribution in [0.5, 0.6) is 0 Å². The van der Waals surface area contributed by atoms with Gasteiger partial charge in [0.2, 0.25) is 6.04 Å². The van der Waals surface area contributed by atoms with Gasteiger partial charge in [0, 0.05) is 24.4 Å². The molecule has 0 amide bonds. The first-order valence-electron chi connectivity index (χ1n) is 7.98. The van der Waals surface area contributed by atoms with Gasteiger partial charge in [-0.2, -0.15) is 10.5 Å². The SMILES string of the molecule is CC(C)(C)[Si](C)(C)OCCN(c1ccc([N+](=O)[O-])cc1)C(C#N)C#N. The molecule has 7 nitrogen and oxygen atoms in total. The zero-order valence-corrected chi connectivity index (χ0v) is 16.3. The van der Waals surface area contributed by atoms with Crippen LogP contribution in [0.15, 0.2) is 24.3 Å². The zero-order valence-electron chi connectivity index (χ0n) is 15.3. The maximum Gasteiger partial charge on any atom is 0.269 e. The summed E-state index contributed by atoms with van der Waals surface area (Å²) in [6.45, 7) is 11.4. The van der Waals surface area contributed by atoms with Crippen LogP contribution in [0.3, 0.4) is 0 Å². The minimum absolute atomic E-state index is 0.0355. The number of nitro benzene ring substituents is 1. The Hall–Kier alpha value is -2.42. The van der Waals surface area contributed by atoms with E-state index in [9.17, 15) is 20.6 Å². The highest BCUT2D eigenvalue weighted by atomic mass is 28.4. The summed E-state index contributed by atoms with van der Waals surface area (Å²) < 4.78 is 6.12. The standard InChI is InChI=1S/C17H24N4O3Si/c1-17(2,3)25(4,5)24-11-10-20(16(12-18)13-19)14-6-8-15(9-7-14)21(22)23/h6-9,16H,10-11H2,1-5H3. The van der Waals surface area contributed by atoms with Crippen LogP contribution in [0.25, 0.3) is 0 Å². The molecule has 0 aromatic heterocycles. The number of rotatable bonds is 7. The first kappa shape index (κ1) is 20.6. The molecule has 8 heteroatoms. The predicted molar refractivity (Wildman–Crippen MR) is 98.6 cm³/mol. The van der Waals surface area contributed by atoms with Crippen molar-refractivity contribution in [2.45, 2.75) is 44.9 Å². The van der Waals surface area contributed by atoms with E-state index in [2.05, 4.69) is 33.9 Å². The highest BCUT2D eigenvalue weighted by Crippen LogP contribution is 2.36. The van der Waals surface area contributed by atoms with Gasteiger partial charge < -0.3 is 9.33 Å². The lowest BCUT2D eigenvalue weighted by Gasteiger charge is -2.37. The van der Waals surface area contributed by atoms with Gasteiger partial charge in [0.25, 0.3) is 5.69 Å². The van der Waals surface area contributed by atoms with E-state index in [4.69, 9.17) is 4.43 Å². The van der Waals surface area contributed by atoms with Gasteiger partial charge in [-0.25, -0.2) is 0 Å². The van der Waals surface area contributed by atoms with Crippen molar-refractivity contribution in [3.63, 3.8) is 0 Å². The van der Waals surface area contributed by atoms with E-state index in [1.807, 2.05) is 12.1 Å². The first-order chi connectivity index (χ1) is 11.5. The maximum absolute atomic E-state index is 10.8. The van der Waals surface area contributed by atoms with Crippen molar-refractivity contribution in [3.05, 3.63) is 34.4 Å². The van der Waals surface area contributed by atoms with E-state index in [0.29, 0.717) is 18.8 Å². The summed E-state index contributed by atoms with van der Waals surface area (Å²) in [6, 6.07) is 8.75. The molecule has 0 bridgehead atoms. The van der Waals surface area contributed by atoms with E-state index in [1.54, 1.807) is 17.0 Å². The average molecular weight is 360 g/mol. The molecule has 0 aliphatic rings. The van der Waals surface area contributed by atoms with Gasteiger partial charge in [-0.3, -0.25) is 10.1 Å². The van der Waals surface area contributed by atoms with Crippen LogP contribution >= 0.6 is 0 Å². The molecular weight excluding hydrogens is 336 g/mol. The molecule has 0 atom stereocenters. The number of non-ortho nitro benzene ring substituents is 1. The van der Waals surface area contributed by atoms with Crippen molar-refractivity contribution in [2.75, 3.05) is 18.1 Å². The van der Waals surface area contributed by atoms with Gasteiger partial charge >= 0.3 is 0 Å². The molecule has 0 saturated heterocycles. The van der Waals surface area contributed by atoms with Crippen LogP contribution in [-0.4, -0.2) is 32.4 Å². The van der Waals surface area contributed by atoms with Gasteiger partial charge in [0.1, 0.15) is 12.1 Å². The van der Waals surface area contributed by atoms with Crippen LogP contribution < -0.4 is 4.90 Å². The molecule has 0 N–H and O–H groups in total. The summed E-state index contributed by atoms with van der Waals surface area (Å²) in [4.78, 5) is 11.9. The topological polar surface area (TPSA) is 103 Å². The Morgan fingerprint density at radius 3 is 2.16 bits per heavy atom. The summed E-state index contributed by atoms with van der Waals surface area (Å²) in [6.07, 6.45) is 0. The number of nitriles is 2. The largest absolute Gasteiger partial charge is 0.415 e. The minimum Gasteiger partial charge on any atom is -0.415 e. The molecule has 1 aromatic rings. The maximum atomic E-state index is 10.8. The Kier molecular flexibility index (Phi) is 6.68. The molecule has 0 saturated carbocycles. The number of nitrogens with zero attached hydrogens (tertiary/aromatic N) is 4. The molecule has 0 spiro atoms. The van der Waals surface area contributed by atoms with E-state index in [0.717, 1.165) is 0 Å². The van der Waals surface area contributed by atoms with Crippen molar-refractivity contribution >= 4 is 19.7 Å². The molecular formula is C17H24N4O3Si. The monoisotopic (exact) mass is 360 g/mol. The number of nitro groups is 1. The number of anilines is 1. The average Bonchev–Trinajstić information content (AvgIpc) is 2.53. The number of hydrogen-bond acceptors (Lipinski definition) is 6. The second-order valence-corrected chi connectivity index (χ2v) is 12.0. The molecule has 0 radical (unpaired) electrons. The van der Waals surface area contributed by atoms with E-state index >= 15 is 0 Å². The molecule has 1 aromatic carbocycles. The van der Waals surface area contributed by atoms with Crippen molar-refractivity contribution in [1.29, 1.82) is 10.5 Å². The van der Waals surface area contributed by atoms with Crippen LogP contribution in [0.1, 0.15) is 20.8 Å². The van der Waals surface area contributed by atoms with Gasteiger partial charge in [0.15, 0.2) is 8.32 Å². The van der Waals surface area contributed by atoms with Crippen molar-refractivity contribution in [3.8, 4) is 12.1 Å². The number of benzene rings is 1. The Morgan fingerprint density at radius 2 is 1.76 bits per heavy atom. The third kappa shape index (κ3) is 5.28. The lowest BCUT2D eigenvalue weighted by atomic mass is 10.2. The molecule has 0 aliphatic carbocycles. The van der Waals surface area contributed by atoms with Crippen LogP contribution in [-0.2, 0) is 4.43 Å². The van der Waals surface area contributed by atoms with Gasteiger partial charge in [-0.1, -0.05) is 20.8 Å². The third-order valence-corrected chi connectivity index (χ3v) is 9.09. The fraction of sp³-hybridized carbons (Fsp3) is 0.529. The van der Waals surface area contributed by atoms with E-state index < -0.39 is 19.3 Å². The summed E-state index contributed by atoms with van der Waals surface area (Å²) in [5.41, 5.74) is 0.546. The molecule has 0 unspecified atom stereocenters. The summed E-state index contributed by atoms with van der Waals surface area (Å²) in [5.74, 6) is 0. The summed E-state index contributed by atoms with van der Waals surface area (Å²) >= 11 is 0. The fourth-order valence-electron chi connectivity index (χ4n) is 1.96. The second kappa shape index (κ2) is 8.10. The molecule has 25 heavy (non-hydrogen) atoms. The quantitative estimate of drug-likeness (QED) is 0.416. The van der Waals surface area contributed by atoms with Crippen molar-refractivity contribution < 1.29 is 9.35 Å². The Bertz CT molecular complexity index is 670. The summed E-state index contributed by atoms with van der Waals surface area (Å²) in [5, 5.41) is 29.3. The molecule has 0 aliphatic heterocycles. The first-order valence-corrected chi connectivity index (χ1v) is 10.9. The fourth-order valence-corrected chi connectivity index (χ4v) is 2.99. The smallest absolute Gasteiger partial charge is 0.269 e. The van der Waals surface area contributed by atoms with Crippen molar-refractivity contribution in [1.82, 2.24) is 0 Å². The predicted octanol–water partition coefficient (Wildman–Crippen LogP) is 3.84. The lowest BCUT2D eigenvalue weighted by molar-refractivity contribution is -0.384. The molecule has 134 valence electrons. The Morgan fingerprint density at radius 1 is 1.24 bits per heavy atom. The van der Waals surface area contributed by atoms with Crippen LogP contribution in [0.4, 0.5) is 11.4 Å². The van der Waals surface area contributed by atoms with Gasteiger partial charge in [-0.05, 0) is 30.3 Å². The minimum atomic E-state index is -1.93. The van der Waals surface area contributed by atoms with Crippen LogP contribution in [0.2, 0.25) is 18.1 Å². The number of hydrogen-bond donors (Lipinski definition) is 0. The van der Waals surface area contributed by atoms with Gasteiger partial charge in [0.05, 0.1) is 11.5 Å². The summed E-state index contributed by atoms with van der Waals surface area (Å²) in [7, 11) is -1.93. The van der Waals surface area contributed by atoms with E-state index in [-0.39, 0.29) is 10.7 Å². The highest BCUT2D eigenvalue weighted by molar-refractivity contribution is 6.74. The molecule has 1 rings (SSSR count). The van der Waals surface area contributed by atoms with E-state index in [1.165, 1.54) is 12.1 Å². The Balaban J connectivity index is 2.94. The normalized spacial score (nSPS) is 11.7. The van der Waals surface area contributed by atoms with Crippen molar-refractivity contribution in [2.24, 2.45) is 0 Å². The molecule has 0 heterocycles. The van der Waals surface area contributed by atoms with Gasteiger partial charge in [-0.15, -0.1) is 0 Å².